The van der Waals surface area contributed by atoms with Crippen molar-refractivity contribution in [2.45, 2.75) is 6.92 Å². The maximum absolute atomic E-state index is 5.12. The predicted molar refractivity (Wildman–Crippen MR) is 56.3 cm³/mol. The highest BCUT2D eigenvalue weighted by molar-refractivity contribution is 5.55. The number of hydrogen-bond donors (Lipinski definition) is 1. The van der Waals surface area contributed by atoms with E-state index >= 15 is 0 Å². The molecule has 0 spiro atoms. The Labute approximate surface area is 83.3 Å². The van der Waals surface area contributed by atoms with E-state index in [9.17, 15) is 0 Å². The Kier molecular flexibility index (Phi) is 4.20. The molecule has 0 heterocycles. The zero-order valence-electron chi connectivity index (χ0n) is 8.27. The molecule has 0 saturated heterocycles. The summed E-state index contributed by atoms with van der Waals surface area (Å²) in [6.45, 7) is 1.88. The molecule has 0 aliphatic rings. The van der Waals surface area contributed by atoms with Crippen molar-refractivity contribution in [1.82, 2.24) is 0 Å². The summed E-state index contributed by atoms with van der Waals surface area (Å²) in [5, 5.41) is 7.49. The third kappa shape index (κ3) is 2.90. The third-order valence-corrected chi connectivity index (χ3v) is 1.55. The number of methoxy groups -OCH3 is 1. The van der Waals surface area contributed by atoms with Gasteiger partial charge in [0.2, 0.25) is 0 Å². The molecule has 0 aliphatic carbocycles. The predicted octanol–water partition coefficient (Wildman–Crippen LogP) is 3.01. The van der Waals surface area contributed by atoms with Gasteiger partial charge in [0.1, 0.15) is 5.75 Å². The maximum atomic E-state index is 5.12. The molecular formula is C10H13N3O. The van der Waals surface area contributed by atoms with E-state index < -0.39 is 0 Å². The van der Waals surface area contributed by atoms with Gasteiger partial charge in [0.25, 0.3) is 0 Å². The number of allylic oxidation sites excluding steroid dienone is 1. The third-order valence-electron chi connectivity index (χ3n) is 1.55. The number of nitrogens with zero attached hydrogens (tertiary/aromatic N) is 2. The molecule has 4 nitrogen and oxygen atoms in total. The highest BCUT2D eigenvalue weighted by Crippen LogP contribution is 2.22. The van der Waals surface area contributed by atoms with E-state index in [1.165, 1.54) is 0 Å². The Morgan fingerprint density at radius 3 is 2.86 bits per heavy atom. The van der Waals surface area contributed by atoms with E-state index in [1.807, 2.05) is 31.2 Å². The summed E-state index contributed by atoms with van der Waals surface area (Å²) in [5.74, 6) is 0.743. The first kappa shape index (κ1) is 10.2. The molecule has 1 rings (SSSR count). The number of hydrogen-bond acceptors (Lipinski definition) is 3. The quantitative estimate of drug-likeness (QED) is 0.587. The molecule has 0 atom stereocenters. The summed E-state index contributed by atoms with van der Waals surface area (Å²) in [4.78, 5) is 0. The average molecular weight is 191 g/mol. The standard InChI is InChI=1S/C10H13N3O/c1-3-8-11-13-12-9-6-4-5-7-10(9)14-2/h3-8H,1-2H3,(H,11,12). The van der Waals surface area contributed by atoms with Crippen LogP contribution in [0.1, 0.15) is 6.92 Å². The first-order valence-electron chi connectivity index (χ1n) is 4.28. The van der Waals surface area contributed by atoms with Gasteiger partial charge in [0, 0.05) is 6.20 Å². The van der Waals surface area contributed by atoms with Gasteiger partial charge < -0.3 is 4.74 Å². The van der Waals surface area contributed by atoms with Crippen LogP contribution in [0.15, 0.2) is 46.9 Å². The largest absolute Gasteiger partial charge is 0.495 e. The summed E-state index contributed by atoms with van der Waals surface area (Å²) in [6.07, 6.45) is 3.40. The Morgan fingerprint density at radius 1 is 1.36 bits per heavy atom. The van der Waals surface area contributed by atoms with E-state index in [1.54, 1.807) is 19.4 Å². The van der Waals surface area contributed by atoms with Gasteiger partial charge in [-0.3, -0.25) is 5.43 Å². The molecule has 0 aliphatic heterocycles. The van der Waals surface area contributed by atoms with Crippen molar-refractivity contribution in [3.05, 3.63) is 36.5 Å². The summed E-state index contributed by atoms with van der Waals surface area (Å²) < 4.78 is 5.12. The van der Waals surface area contributed by atoms with E-state index in [4.69, 9.17) is 4.74 Å². The maximum Gasteiger partial charge on any atom is 0.143 e. The van der Waals surface area contributed by atoms with Crippen molar-refractivity contribution in [2.75, 3.05) is 12.5 Å². The van der Waals surface area contributed by atoms with E-state index in [0.29, 0.717) is 0 Å². The number of anilines is 1. The fourth-order valence-corrected chi connectivity index (χ4v) is 0.920. The molecule has 0 amide bonds. The zero-order chi connectivity index (χ0) is 10.2. The van der Waals surface area contributed by atoms with Crippen LogP contribution in [-0.4, -0.2) is 7.11 Å². The van der Waals surface area contributed by atoms with E-state index in [-0.39, 0.29) is 0 Å². The van der Waals surface area contributed by atoms with Crippen LogP contribution in [0.4, 0.5) is 5.69 Å². The second-order valence-corrected chi connectivity index (χ2v) is 2.51. The fraction of sp³-hybridized carbons (Fsp3) is 0.200. The van der Waals surface area contributed by atoms with E-state index in [2.05, 4.69) is 15.8 Å². The molecule has 4 heteroatoms. The minimum atomic E-state index is 0.743. The molecule has 1 N–H and O–H groups in total. The first-order valence-corrected chi connectivity index (χ1v) is 4.28. The van der Waals surface area contributed by atoms with Crippen molar-refractivity contribution in [3.8, 4) is 5.75 Å². The molecular weight excluding hydrogens is 178 g/mol. The topological polar surface area (TPSA) is 46.0 Å². The van der Waals surface area contributed by atoms with Crippen LogP contribution in [0.2, 0.25) is 0 Å². The smallest absolute Gasteiger partial charge is 0.143 e. The van der Waals surface area contributed by atoms with Crippen molar-refractivity contribution in [3.63, 3.8) is 0 Å². The summed E-state index contributed by atoms with van der Waals surface area (Å²) in [5.41, 5.74) is 3.58. The highest BCUT2D eigenvalue weighted by atomic mass is 16.5. The van der Waals surface area contributed by atoms with Crippen LogP contribution in [-0.2, 0) is 0 Å². The molecule has 0 unspecified atom stereocenters. The molecule has 1 aromatic rings. The number of benzene rings is 1. The Bertz CT molecular complexity index is 334. The second kappa shape index (κ2) is 5.75. The lowest BCUT2D eigenvalue weighted by molar-refractivity contribution is 0.416. The molecule has 1 aromatic carbocycles. The lowest BCUT2D eigenvalue weighted by Crippen LogP contribution is -1.91. The molecule has 0 saturated carbocycles. The van der Waals surface area contributed by atoms with Gasteiger partial charge in [-0.25, -0.2) is 0 Å². The lowest BCUT2D eigenvalue weighted by atomic mass is 10.3. The highest BCUT2D eigenvalue weighted by Gasteiger charge is 1.97. The fourth-order valence-electron chi connectivity index (χ4n) is 0.920. The minimum absolute atomic E-state index is 0.743. The van der Waals surface area contributed by atoms with Crippen molar-refractivity contribution in [2.24, 2.45) is 10.3 Å². The number of ether oxygens (including phenoxy) is 1. The van der Waals surface area contributed by atoms with Gasteiger partial charge in [-0.05, 0) is 19.1 Å². The zero-order valence-corrected chi connectivity index (χ0v) is 8.27. The molecule has 14 heavy (non-hydrogen) atoms. The van der Waals surface area contributed by atoms with Crippen LogP contribution in [0.5, 0.6) is 5.75 Å². The number of nitrogens with one attached hydrogen (secondary N) is 1. The van der Waals surface area contributed by atoms with E-state index in [0.717, 1.165) is 11.4 Å². The van der Waals surface area contributed by atoms with Gasteiger partial charge in [-0.2, -0.15) is 0 Å². The van der Waals surface area contributed by atoms with Gasteiger partial charge in [-0.15, -0.1) is 5.11 Å². The average Bonchev–Trinajstić information content (AvgIpc) is 2.25. The van der Waals surface area contributed by atoms with Crippen LogP contribution in [0.25, 0.3) is 0 Å². The molecule has 0 radical (unpaired) electrons. The SMILES string of the molecule is CC=CN=NNc1ccccc1OC. The Balaban J connectivity index is 2.66. The lowest BCUT2D eigenvalue weighted by Gasteiger charge is -2.04. The molecule has 0 fully saturated rings. The first-order chi connectivity index (χ1) is 6.88. The monoisotopic (exact) mass is 191 g/mol. The molecule has 0 bridgehead atoms. The van der Waals surface area contributed by atoms with Gasteiger partial charge in [0.15, 0.2) is 0 Å². The number of rotatable bonds is 4. The van der Waals surface area contributed by atoms with Crippen LogP contribution >= 0.6 is 0 Å². The van der Waals surface area contributed by atoms with Gasteiger partial charge in [0.05, 0.1) is 12.8 Å². The Morgan fingerprint density at radius 2 is 2.14 bits per heavy atom. The van der Waals surface area contributed by atoms with Gasteiger partial charge >= 0.3 is 0 Å². The van der Waals surface area contributed by atoms with Crippen molar-refractivity contribution < 1.29 is 4.74 Å². The summed E-state index contributed by atoms with van der Waals surface area (Å²) >= 11 is 0. The van der Waals surface area contributed by atoms with Crippen LogP contribution in [0.3, 0.4) is 0 Å². The Hall–Kier alpha value is -1.84. The minimum Gasteiger partial charge on any atom is -0.495 e. The summed E-state index contributed by atoms with van der Waals surface area (Å²) in [7, 11) is 1.61. The van der Waals surface area contributed by atoms with Crippen molar-refractivity contribution in [1.29, 1.82) is 0 Å². The normalized spacial score (nSPS) is 11.0. The molecule has 0 aromatic heterocycles. The second-order valence-electron chi connectivity index (χ2n) is 2.51. The van der Waals surface area contributed by atoms with Gasteiger partial charge in [-0.1, -0.05) is 23.4 Å². The van der Waals surface area contributed by atoms with Crippen LogP contribution in [0, 0.1) is 0 Å². The number of para-hydroxylation sites is 2. The van der Waals surface area contributed by atoms with Crippen molar-refractivity contribution >= 4 is 5.69 Å². The van der Waals surface area contributed by atoms with Crippen LogP contribution < -0.4 is 10.2 Å². The summed E-state index contributed by atoms with van der Waals surface area (Å²) in [6, 6.07) is 7.52. The molecule has 74 valence electrons.